The van der Waals surface area contributed by atoms with Crippen LogP contribution in [0.2, 0.25) is 0 Å². The van der Waals surface area contributed by atoms with Crippen molar-refractivity contribution in [2.24, 2.45) is 11.3 Å². The molecule has 1 aliphatic carbocycles. The first-order chi connectivity index (χ1) is 9.67. The number of ether oxygens (including phenoxy) is 3. The number of benzene rings is 1. The number of cyclic esters (lactones) is 1. The minimum Gasteiger partial charge on any atom is -0.465 e. The van der Waals surface area contributed by atoms with Gasteiger partial charge in [0, 0.05) is 5.92 Å². The molecule has 1 aromatic rings. The molecule has 1 aromatic carbocycles. The monoisotopic (exact) mass is 272 g/mol. The second-order valence-corrected chi connectivity index (χ2v) is 5.95. The third kappa shape index (κ3) is 1.57. The van der Waals surface area contributed by atoms with Gasteiger partial charge >= 0.3 is 5.97 Å². The summed E-state index contributed by atoms with van der Waals surface area (Å²) in [6.45, 7) is 4.86. The Balaban J connectivity index is 1.67. The lowest BCUT2D eigenvalue weighted by Gasteiger charge is -2.24. The summed E-state index contributed by atoms with van der Waals surface area (Å²) in [4.78, 5) is 12.2. The molecule has 2 heterocycles. The molecule has 0 radical (unpaired) electrons. The highest BCUT2D eigenvalue weighted by atomic mass is 16.7. The SMILES string of the molecule is C=C1C[C@@H]2COC(=O)[C@]2(Cc2ccc3c(c2)OCO3)C1. The van der Waals surface area contributed by atoms with E-state index in [0.717, 1.165) is 35.5 Å². The van der Waals surface area contributed by atoms with Crippen molar-refractivity contribution >= 4 is 5.97 Å². The fourth-order valence-electron chi connectivity index (χ4n) is 3.68. The lowest BCUT2D eigenvalue weighted by atomic mass is 9.75. The van der Waals surface area contributed by atoms with Crippen LogP contribution >= 0.6 is 0 Å². The summed E-state index contributed by atoms with van der Waals surface area (Å²) < 4.78 is 16.0. The second kappa shape index (κ2) is 4.01. The summed E-state index contributed by atoms with van der Waals surface area (Å²) in [5, 5.41) is 0. The molecule has 1 saturated carbocycles. The van der Waals surface area contributed by atoms with Gasteiger partial charge in [-0.15, -0.1) is 0 Å². The molecule has 2 aliphatic heterocycles. The molecule has 0 aromatic heterocycles. The summed E-state index contributed by atoms with van der Waals surface area (Å²) >= 11 is 0. The first kappa shape index (κ1) is 11.8. The Hall–Kier alpha value is -1.97. The normalized spacial score (nSPS) is 30.5. The van der Waals surface area contributed by atoms with Crippen LogP contribution in [0.4, 0.5) is 0 Å². The summed E-state index contributed by atoms with van der Waals surface area (Å²) in [5.74, 6) is 1.73. The van der Waals surface area contributed by atoms with Gasteiger partial charge in [0.1, 0.15) is 0 Å². The maximum absolute atomic E-state index is 12.2. The van der Waals surface area contributed by atoms with E-state index in [2.05, 4.69) is 6.58 Å². The summed E-state index contributed by atoms with van der Waals surface area (Å²) in [5.41, 5.74) is 1.84. The molecule has 3 aliphatic rings. The van der Waals surface area contributed by atoms with Crippen LogP contribution in [0.25, 0.3) is 0 Å². The largest absolute Gasteiger partial charge is 0.465 e. The van der Waals surface area contributed by atoms with Gasteiger partial charge in [0.15, 0.2) is 11.5 Å². The molecule has 20 heavy (non-hydrogen) atoms. The van der Waals surface area contributed by atoms with E-state index in [1.807, 2.05) is 18.2 Å². The van der Waals surface area contributed by atoms with Crippen molar-refractivity contribution in [1.82, 2.24) is 0 Å². The number of esters is 1. The van der Waals surface area contributed by atoms with Crippen molar-refractivity contribution in [3.63, 3.8) is 0 Å². The number of fused-ring (bicyclic) bond motifs is 2. The van der Waals surface area contributed by atoms with Gasteiger partial charge in [-0.3, -0.25) is 4.79 Å². The van der Waals surface area contributed by atoms with E-state index in [1.54, 1.807) is 0 Å². The third-order valence-corrected chi connectivity index (χ3v) is 4.66. The first-order valence-electron chi connectivity index (χ1n) is 6.90. The number of rotatable bonds is 2. The van der Waals surface area contributed by atoms with Crippen LogP contribution in [0.1, 0.15) is 18.4 Å². The van der Waals surface area contributed by atoms with E-state index in [4.69, 9.17) is 14.2 Å². The average Bonchev–Trinajstić information content (AvgIpc) is 3.06. The van der Waals surface area contributed by atoms with Crippen molar-refractivity contribution in [3.05, 3.63) is 35.9 Å². The molecule has 2 atom stereocenters. The molecule has 4 nitrogen and oxygen atoms in total. The van der Waals surface area contributed by atoms with Crippen molar-refractivity contribution < 1.29 is 19.0 Å². The van der Waals surface area contributed by atoms with Gasteiger partial charge in [0.25, 0.3) is 0 Å². The zero-order valence-corrected chi connectivity index (χ0v) is 11.2. The predicted molar refractivity (Wildman–Crippen MR) is 71.5 cm³/mol. The maximum Gasteiger partial charge on any atom is 0.313 e. The molecule has 4 heteroatoms. The molecule has 0 N–H and O–H groups in total. The lowest BCUT2D eigenvalue weighted by molar-refractivity contribution is -0.146. The van der Waals surface area contributed by atoms with Crippen molar-refractivity contribution in [2.45, 2.75) is 19.3 Å². The molecule has 0 spiro atoms. The molecule has 104 valence electrons. The highest BCUT2D eigenvalue weighted by molar-refractivity contribution is 5.81. The zero-order chi connectivity index (χ0) is 13.7. The van der Waals surface area contributed by atoms with Gasteiger partial charge in [-0.25, -0.2) is 0 Å². The molecule has 0 unspecified atom stereocenters. The van der Waals surface area contributed by atoms with E-state index in [-0.39, 0.29) is 18.7 Å². The van der Waals surface area contributed by atoms with Gasteiger partial charge in [-0.05, 0) is 37.0 Å². The summed E-state index contributed by atoms with van der Waals surface area (Å²) in [6.07, 6.45) is 2.33. The topological polar surface area (TPSA) is 44.8 Å². The Kier molecular flexibility index (Phi) is 2.37. The Morgan fingerprint density at radius 1 is 1.25 bits per heavy atom. The lowest BCUT2D eigenvalue weighted by Crippen LogP contribution is -2.31. The van der Waals surface area contributed by atoms with Crippen LogP contribution in [0.3, 0.4) is 0 Å². The van der Waals surface area contributed by atoms with Crippen LogP contribution in [0.5, 0.6) is 11.5 Å². The fraction of sp³-hybridized carbons (Fsp3) is 0.438. The minimum absolute atomic E-state index is 0.0705. The molecule has 0 amide bonds. The van der Waals surface area contributed by atoms with Crippen molar-refractivity contribution in [2.75, 3.05) is 13.4 Å². The molecule has 1 saturated heterocycles. The third-order valence-electron chi connectivity index (χ3n) is 4.66. The zero-order valence-electron chi connectivity index (χ0n) is 11.2. The summed E-state index contributed by atoms with van der Waals surface area (Å²) in [6, 6.07) is 5.89. The molecular weight excluding hydrogens is 256 g/mol. The Morgan fingerprint density at radius 3 is 3.00 bits per heavy atom. The number of hydrogen-bond acceptors (Lipinski definition) is 4. The van der Waals surface area contributed by atoms with Crippen LogP contribution in [0, 0.1) is 11.3 Å². The van der Waals surface area contributed by atoms with Crippen LogP contribution in [0.15, 0.2) is 30.4 Å². The Morgan fingerprint density at radius 2 is 2.10 bits per heavy atom. The van der Waals surface area contributed by atoms with Gasteiger partial charge in [0.2, 0.25) is 6.79 Å². The number of carbonyl (C=O) groups is 1. The number of allylic oxidation sites excluding steroid dienone is 1. The van der Waals surface area contributed by atoms with Crippen LogP contribution in [-0.4, -0.2) is 19.4 Å². The van der Waals surface area contributed by atoms with Gasteiger partial charge in [-0.2, -0.15) is 0 Å². The van der Waals surface area contributed by atoms with Gasteiger partial charge in [0.05, 0.1) is 12.0 Å². The van der Waals surface area contributed by atoms with E-state index in [9.17, 15) is 4.79 Å². The highest BCUT2D eigenvalue weighted by Crippen LogP contribution is 2.52. The highest BCUT2D eigenvalue weighted by Gasteiger charge is 2.55. The Labute approximate surface area is 117 Å². The van der Waals surface area contributed by atoms with Crippen molar-refractivity contribution in [3.8, 4) is 11.5 Å². The summed E-state index contributed by atoms with van der Waals surface area (Å²) in [7, 11) is 0. The predicted octanol–water partition coefficient (Wildman–Crippen LogP) is 2.47. The Bertz CT molecular complexity index is 606. The number of carbonyl (C=O) groups excluding carboxylic acids is 1. The minimum atomic E-state index is -0.412. The first-order valence-corrected chi connectivity index (χ1v) is 6.90. The standard InChI is InChI=1S/C16H16O4/c1-10-4-12-8-18-15(17)16(12,6-10)7-11-2-3-13-14(5-11)20-9-19-13/h2-3,5,12H,1,4,6-9H2/t12-,16+/m1/s1. The fourth-order valence-corrected chi connectivity index (χ4v) is 3.68. The van der Waals surface area contributed by atoms with Crippen LogP contribution in [-0.2, 0) is 16.0 Å². The van der Waals surface area contributed by atoms with Gasteiger partial charge in [-0.1, -0.05) is 18.2 Å². The quantitative estimate of drug-likeness (QED) is 0.613. The van der Waals surface area contributed by atoms with Crippen molar-refractivity contribution in [1.29, 1.82) is 0 Å². The molecule has 4 rings (SSSR count). The number of hydrogen-bond donors (Lipinski definition) is 0. The smallest absolute Gasteiger partial charge is 0.313 e. The van der Waals surface area contributed by atoms with Crippen LogP contribution < -0.4 is 9.47 Å². The van der Waals surface area contributed by atoms with E-state index >= 15 is 0 Å². The van der Waals surface area contributed by atoms with E-state index in [1.165, 1.54) is 0 Å². The average molecular weight is 272 g/mol. The molecule has 2 fully saturated rings. The van der Waals surface area contributed by atoms with E-state index in [0.29, 0.717) is 13.0 Å². The molecular formula is C16H16O4. The van der Waals surface area contributed by atoms with E-state index < -0.39 is 5.41 Å². The molecule has 0 bridgehead atoms. The maximum atomic E-state index is 12.2. The van der Waals surface area contributed by atoms with Gasteiger partial charge < -0.3 is 14.2 Å². The second-order valence-electron chi connectivity index (χ2n) is 5.95.